The zero-order valence-corrected chi connectivity index (χ0v) is 22.0. The van der Waals surface area contributed by atoms with Gasteiger partial charge < -0.3 is 5.11 Å². The molecule has 0 heterocycles. The van der Waals surface area contributed by atoms with Gasteiger partial charge in [-0.25, -0.2) is 0 Å². The summed E-state index contributed by atoms with van der Waals surface area (Å²) < 4.78 is 0. The SMILES string of the molecule is Cc1cccc(C(C)(Cc2ccccc2)C(=O)O)c1.Cc1cccc(C2(C)Cc3ccccc3C2=O)c1. The summed E-state index contributed by atoms with van der Waals surface area (Å²) in [7, 11) is 0. The summed E-state index contributed by atoms with van der Waals surface area (Å²) in [5.74, 6) is -0.536. The third-order valence-corrected chi connectivity index (χ3v) is 7.49. The van der Waals surface area contributed by atoms with Crippen LogP contribution >= 0.6 is 0 Å². The van der Waals surface area contributed by atoms with Gasteiger partial charge in [-0.1, -0.05) is 114 Å². The molecule has 37 heavy (non-hydrogen) atoms. The van der Waals surface area contributed by atoms with Gasteiger partial charge in [-0.05, 0) is 62.8 Å². The van der Waals surface area contributed by atoms with Crippen LogP contribution < -0.4 is 0 Å². The Balaban J connectivity index is 0.000000173. The van der Waals surface area contributed by atoms with Gasteiger partial charge >= 0.3 is 5.97 Å². The van der Waals surface area contributed by atoms with Gasteiger partial charge in [0.15, 0.2) is 5.78 Å². The number of benzene rings is 4. The van der Waals surface area contributed by atoms with E-state index in [1.54, 1.807) is 6.92 Å². The molecule has 0 fully saturated rings. The van der Waals surface area contributed by atoms with Crippen LogP contribution in [0.3, 0.4) is 0 Å². The summed E-state index contributed by atoms with van der Waals surface area (Å²) >= 11 is 0. The molecule has 1 aliphatic carbocycles. The minimum atomic E-state index is -0.895. The van der Waals surface area contributed by atoms with E-state index in [0.717, 1.165) is 34.2 Å². The fourth-order valence-corrected chi connectivity index (χ4v) is 5.17. The summed E-state index contributed by atoms with van der Waals surface area (Å²) in [6.45, 7) is 7.90. The molecule has 5 rings (SSSR count). The van der Waals surface area contributed by atoms with Crippen molar-refractivity contribution in [3.63, 3.8) is 0 Å². The van der Waals surface area contributed by atoms with Crippen LogP contribution in [0.4, 0.5) is 0 Å². The second-order valence-corrected chi connectivity index (χ2v) is 10.5. The average molecular weight is 491 g/mol. The van der Waals surface area contributed by atoms with E-state index >= 15 is 0 Å². The number of hydrogen-bond donors (Lipinski definition) is 1. The Hall–Kier alpha value is -3.98. The number of aryl methyl sites for hydroxylation is 2. The number of carboxylic acids is 1. The van der Waals surface area contributed by atoms with Crippen LogP contribution in [0.25, 0.3) is 0 Å². The van der Waals surface area contributed by atoms with Crippen LogP contribution in [0.2, 0.25) is 0 Å². The van der Waals surface area contributed by atoms with Crippen LogP contribution in [0, 0.1) is 13.8 Å². The molecule has 0 radical (unpaired) electrons. The van der Waals surface area contributed by atoms with E-state index in [9.17, 15) is 14.7 Å². The van der Waals surface area contributed by atoms with Crippen molar-refractivity contribution >= 4 is 11.8 Å². The summed E-state index contributed by atoms with van der Waals surface area (Å²) in [5, 5.41) is 9.64. The molecule has 188 valence electrons. The Morgan fingerprint density at radius 2 is 1.46 bits per heavy atom. The Bertz CT molecular complexity index is 1420. The summed E-state index contributed by atoms with van der Waals surface area (Å²) in [6.07, 6.45) is 1.30. The molecule has 0 bridgehead atoms. The van der Waals surface area contributed by atoms with E-state index in [1.165, 1.54) is 11.1 Å². The maximum atomic E-state index is 12.6. The van der Waals surface area contributed by atoms with Gasteiger partial charge in [0.25, 0.3) is 0 Å². The highest BCUT2D eigenvalue weighted by atomic mass is 16.4. The third-order valence-electron chi connectivity index (χ3n) is 7.49. The molecule has 0 amide bonds. The second kappa shape index (κ2) is 10.6. The lowest BCUT2D eigenvalue weighted by molar-refractivity contribution is -0.143. The Kier molecular flexibility index (Phi) is 7.45. The van der Waals surface area contributed by atoms with Crippen LogP contribution in [0.15, 0.2) is 103 Å². The van der Waals surface area contributed by atoms with E-state index in [-0.39, 0.29) is 5.78 Å². The standard InChI is InChI=1S/C17H18O2.C17H16O/c1-13-7-6-10-15(11-13)17(2,16(18)19)12-14-8-4-3-5-9-14;1-12-6-5-8-14(10-12)17(2)11-13-7-3-4-9-15(13)16(17)18/h3-11H,12H2,1-2H3,(H,18,19);3-10H,11H2,1-2H3. The van der Waals surface area contributed by atoms with Crippen molar-refractivity contribution < 1.29 is 14.7 Å². The molecule has 3 nitrogen and oxygen atoms in total. The van der Waals surface area contributed by atoms with Gasteiger partial charge in [0, 0.05) is 5.56 Å². The molecule has 4 aromatic rings. The lowest BCUT2D eigenvalue weighted by Gasteiger charge is -2.26. The molecule has 0 spiro atoms. The van der Waals surface area contributed by atoms with Crippen molar-refractivity contribution in [1.29, 1.82) is 0 Å². The molecule has 2 atom stereocenters. The number of rotatable bonds is 5. The van der Waals surface area contributed by atoms with E-state index in [4.69, 9.17) is 0 Å². The first-order valence-corrected chi connectivity index (χ1v) is 12.7. The van der Waals surface area contributed by atoms with Crippen LogP contribution in [0.5, 0.6) is 0 Å². The minimum Gasteiger partial charge on any atom is -0.481 e. The van der Waals surface area contributed by atoms with Crippen molar-refractivity contribution in [3.05, 3.63) is 142 Å². The van der Waals surface area contributed by atoms with E-state index in [1.807, 2.05) is 85.8 Å². The third kappa shape index (κ3) is 5.41. The highest BCUT2D eigenvalue weighted by Gasteiger charge is 2.42. The van der Waals surface area contributed by atoms with Crippen molar-refractivity contribution in [2.24, 2.45) is 0 Å². The van der Waals surface area contributed by atoms with Gasteiger partial charge in [-0.2, -0.15) is 0 Å². The van der Waals surface area contributed by atoms with Crippen LogP contribution in [-0.2, 0) is 28.5 Å². The summed E-state index contributed by atoms with van der Waals surface area (Å²) in [6, 6.07) is 33.8. The molecule has 1 N–H and O–H groups in total. The molecule has 0 aromatic heterocycles. The second-order valence-electron chi connectivity index (χ2n) is 10.5. The monoisotopic (exact) mass is 490 g/mol. The van der Waals surface area contributed by atoms with Gasteiger partial charge in [0.2, 0.25) is 0 Å². The maximum absolute atomic E-state index is 12.6. The van der Waals surface area contributed by atoms with Crippen molar-refractivity contribution in [2.45, 2.75) is 51.4 Å². The highest BCUT2D eigenvalue weighted by molar-refractivity contribution is 6.08. The van der Waals surface area contributed by atoms with Crippen LogP contribution in [-0.4, -0.2) is 16.9 Å². The van der Waals surface area contributed by atoms with E-state index < -0.39 is 16.8 Å². The molecular formula is C34H34O3. The number of Topliss-reactive ketones (excluding diaryl/α,β-unsaturated/α-hetero) is 1. The highest BCUT2D eigenvalue weighted by Crippen LogP contribution is 2.39. The predicted molar refractivity (Wildman–Crippen MR) is 149 cm³/mol. The first-order chi connectivity index (χ1) is 17.6. The smallest absolute Gasteiger partial charge is 0.314 e. The summed E-state index contributed by atoms with van der Waals surface area (Å²) in [4.78, 5) is 24.4. The average Bonchev–Trinajstić information content (AvgIpc) is 3.16. The first-order valence-electron chi connectivity index (χ1n) is 12.7. The summed E-state index contributed by atoms with van der Waals surface area (Å²) in [5.41, 5.74) is 6.08. The minimum absolute atomic E-state index is 0.253. The molecule has 4 aromatic carbocycles. The molecule has 3 heteroatoms. The fraction of sp³-hybridized carbons (Fsp3) is 0.235. The molecule has 0 saturated carbocycles. The zero-order valence-electron chi connectivity index (χ0n) is 22.0. The van der Waals surface area contributed by atoms with Gasteiger partial charge in [-0.3, -0.25) is 9.59 Å². The molecule has 0 saturated heterocycles. The Morgan fingerprint density at radius 3 is 2.08 bits per heavy atom. The number of hydrogen-bond acceptors (Lipinski definition) is 2. The van der Waals surface area contributed by atoms with Crippen LogP contribution in [0.1, 0.15) is 57.6 Å². The Morgan fingerprint density at radius 1 is 0.838 bits per heavy atom. The number of fused-ring (bicyclic) bond motifs is 1. The molecular weight excluding hydrogens is 456 g/mol. The van der Waals surface area contributed by atoms with Gasteiger partial charge in [-0.15, -0.1) is 0 Å². The van der Waals surface area contributed by atoms with E-state index in [0.29, 0.717) is 6.42 Å². The number of ketones is 1. The lowest BCUT2D eigenvalue weighted by Crippen LogP contribution is -2.34. The number of carbonyl (C=O) groups excluding carboxylic acids is 1. The normalized spacial score (nSPS) is 17.8. The number of carbonyl (C=O) groups is 2. The Labute approximate surface area is 219 Å². The number of aliphatic carboxylic acids is 1. The molecule has 1 aliphatic rings. The van der Waals surface area contributed by atoms with E-state index in [2.05, 4.69) is 38.1 Å². The van der Waals surface area contributed by atoms with Gasteiger partial charge in [0.1, 0.15) is 0 Å². The quantitative estimate of drug-likeness (QED) is 0.320. The lowest BCUT2D eigenvalue weighted by atomic mass is 9.77. The van der Waals surface area contributed by atoms with Gasteiger partial charge in [0.05, 0.1) is 10.8 Å². The molecule has 0 aliphatic heterocycles. The molecule has 2 unspecified atom stereocenters. The van der Waals surface area contributed by atoms with Crippen molar-refractivity contribution in [3.8, 4) is 0 Å². The first kappa shape index (κ1) is 26.1. The fourth-order valence-electron chi connectivity index (χ4n) is 5.17. The van der Waals surface area contributed by atoms with Crippen molar-refractivity contribution in [1.82, 2.24) is 0 Å². The largest absolute Gasteiger partial charge is 0.481 e. The zero-order chi connectivity index (χ0) is 26.6. The maximum Gasteiger partial charge on any atom is 0.314 e. The van der Waals surface area contributed by atoms with Crippen molar-refractivity contribution in [2.75, 3.05) is 0 Å². The predicted octanol–water partition coefficient (Wildman–Crippen LogP) is 7.27. The topological polar surface area (TPSA) is 54.4 Å². The number of carboxylic acid groups (broad SMARTS) is 1.